The van der Waals surface area contributed by atoms with Crippen LogP contribution in [0.5, 0.6) is 0 Å². The number of nitrogens with one attached hydrogen (secondary N) is 1. The van der Waals surface area contributed by atoms with Gasteiger partial charge in [-0.3, -0.25) is 4.79 Å². The fourth-order valence-corrected chi connectivity index (χ4v) is 3.04. The van der Waals surface area contributed by atoms with Gasteiger partial charge in [0.1, 0.15) is 0 Å². The Morgan fingerprint density at radius 3 is 2.44 bits per heavy atom. The first-order valence-electron chi connectivity index (χ1n) is 7.36. The molecule has 0 unspecified atom stereocenters. The number of rotatable bonds is 4. The second-order valence-electron chi connectivity index (χ2n) is 5.90. The Morgan fingerprint density at radius 2 is 1.83 bits per heavy atom. The molecule has 1 aliphatic heterocycles. The predicted octanol–water partition coefficient (Wildman–Crippen LogP) is 0.929. The molecule has 1 saturated heterocycles. The summed E-state index contributed by atoms with van der Waals surface area (Å²) in [6.45, 7) is 6.52. The number of likely N-dealkylation sites (N-methyl/N-ethyl adjacent to an activating group) is 1. The second kappa shape index (κ2) is 6.53. The third kappa shape index (κ3) is 3.69. The highest BCUT2D eigenvalue weighted by Crippen LogP contribution is 2.27. The summed E-state index contributed by atoms with van der Waals surface area (Å²) >= 11 is 0. The van der Waals surface area contributed by atoms with Gasteiger partial charge in [0.2, 0.25) is 5.91 Å². The van der Waals surface area contributed by atoms with E-state index in [0.29, 0.717) is 12.6 Å². The van der Waals surface area contributed by atoms with Crippen LogP contribution in [0.1, 0.15) is 32.6 Å². The average molecular weight is 253 g/mol. The lowest BCUT2D eigenvalue weighted by Crippen LogP contribution is -2.50. The maximum absolute atomic E-state index is 12.1. The molecule has 0 aromatic carbocycles. The molecule has 0 aromatic heterocycles. The van der Waals surface area contributed by atoms with Gasteiger partial charge < -0.3 is 15.1 Å². The number of nitrogens with zero attached hydrogens (tertiary/aromatic N) is 2. The Morgan fingerprint density at radius 1 is 1.22 bits per heavy atom. The molecule has 1 saturated carbocycles. The highest BCUT2D eigenvalue weighted by Gasteiger charge is 2.23. The molecular weight excluding hydrogens is 226 g/mol. The topological polar surface area (TPSA) is 35.6 Å². The quantitative estimate of drug-likeness (QED) is 0.809. The van der Waals surface area contributed by atoms with E-state index in [1.807, 2.05) is 4.90 Å². The number of carbonyl (C=O) groups excluding carboxylic acids is 1. The fraction of sp³-hybridized carbons (Fsp3) is 0.929. The zero-order valence-corrected chi connectivity index (χ0v) is 11.8. The molecular formula is C14H27N3O. The van der Waals surface area contributed by atoms with E-state index in [0.717, 1.165) is 32.1 Å². The fourth-order valence-electron chi connectivity index (χ4n) is 3.04. The van der Waals surface area contributed by atoms with E-state index in [1.54, 1.807) is 0 Å². The van der Waals surface area contributed by atoms with Crippen LogP contribution in [0, 0.1) is 5.92 Å². The first-order valence-corrected chi connectivity index (χ1v) is 7.36. The van der Waals surface area contributed by atoms with Crippen LogP contribution in [-0.4, -0.2) is 61.5 Å². The third-order valence-corrected chi connectivity index (χ3v) is 4.54. The summed E-state index contributed by atoms with van der Waals surface area (Å²) in [5.74, 6) is 1.05. The monoisotopic (exact) mass is 253 g/mol. The molecule has 4 nitrogen and oxygen atoms in total. The Kier molecular flexibility index (Phi) is 5.01. The summed E-state index contributed by atoms with van der Waals surface area (Å²) in [6.07, 6.45) is 5.39. The van der Waals surface area contributed by atoms with Crippen LogP contribution in [0.25, 0.3) is 0 Å². The molecule has 1 atom stereocenters. The number of hydrogen-bond donors (Lipinski definition) is 1. The van der Waals surface area contributed by atoms with Crippen molar-refractivity contribution in [3.8, 4) is 0 Å². The molecule has 4 heteroatoms. The Balaban J connectivity index is 1.67. The minimum absolute atomic E-state index is 0.271. The van der Waals surface area contributed by atoms with E-state index in [1.165, 1.54) is 25.7 Å². The van der Waals surface area contributed by atoms with Crippen molar-refractivity contribution < 1.29 is 4.79 Å². The molecule has 0 radical (unpaired) electrons. The lowest BCUT2D eigenvalue weighted by molar-refractivity contribution is -0.131. The molecule has 1 aliphatic carbocycles. The zero-order chi connectivity index (χ0) is 13.0. The maximum atomic E-state index is 12.1. The summed E-state index contributed by atoms with van der Waals surface area (Å²) in [5, 5.41) is 3.43. The SMILES string of the molecule is C[C@@H](NCC(=O)N1CCN(C)CC1)C1CCCC1. The Bertz CT molecular complexity index is 268. The second-order valence-corrected chi connectivity index (χ2v) is 5.90. The van der Waals surface area contributed by atoms with Crippen LogP contribution >= 0.6 is 0 Å². The van der Waals surface area contributed by atoms with Gasteiger partial charge in [0.25, 0.3) is 0 Å². The molecule has 2 fully saturated rings. The minimum atomic E-state index is 0.271. The molecule has 1 amide bonds. The molecule has 2 aliphatic rings. The molecule has 104 valence electrons. The largest absolute Gasteiger partial charge is 0.339 e. The van der Waals surface area contributed by atoms with Gasteiger partial charge in [-0.1, -0.05) is 12.8 Å². The summed E-state index contributed by atoms with van der Waals surface area (Å²) < 4.78 is 0. The normalized spacial score (nSPS) is 24.4. The molecule has 0 spiro atoms. The lowest BCUT2D eigenvalue weighted by Gasteiger charge is -2.33. The molecule has 18 heavy (non-hydrogen) atoms. The summed E-state index contributed by atoms with van der Waals surface area (Å²) in [7, 11) is 2.11. The maximum Gasteiger partial charge on any atom is 0.236 e. The van der Waals surface area contributed by atoms with Gasteiger partial charge in [0.15, 0.2) is 0 Å². The van der Waals surface area contributed by atoms with Crippen molar-refractivity contribution in [2.24, 2.45) is 5.92 Å². The van der Waals surface area contributed by atoms with Crippen LogP contribution in [0.4, 0.5) is 0 Å². The van der Waals surface area contributed by atoms with Crippen molar-refractivity contribution in [2.45, 2.75) is 38.6 Å². The van der Waals surface area contributed by atoms with Gasteiger partial charge >= 0.3 is 0 Å². The minimum Gasteiger partial charge on any atom is -0.339 e. The van der Waals surface area contributed by atoms with Crippen LogP contribution in [0.15, 0.2) is 0 Å². The highest BCUT2D eigenvalue weighted by atomic mass is 16.2. The molecule has 1 N–H and O–H groups in total. The van der Waals surface area contributed by atoms with Gasteiger partial charge in [-0.15, -0.1) is 0 Å². The van der Waals surface area contributed by atoms with Crippen molar-refractivity contribution >= 4 is 5.91 Å². The van der Waals surface area contributed by atoms with E-state index in [-0.39, 0.29) is 5.91 Å². The summed E-state index contributed by atoms with van der Waals surface area (Å²) in [6, 6.07) is 0.490. The number of piperazine rings is 1. The predicted molar refractivity (Wildman–Crippen MR) is 73.5 cm³/mol. The van der Waals surface area contributed by atoms with Crippen molar-refractivity contribution in [3.05, 3.63) is 0 Å². The van der Waals surface area contributed by atoms with Crippen molar-refractivity contribution in [3.63, 3.8) is 0 Å². The smallest absolute Gasteiger partial charge is 0.236 e. The first kappa shape index (κ1) is 13.8. The third-order valence-electron chi connectivity index (χ3n) is 4.54. The van der Waals surface area contributed by atoms with Crippen LogP contribution < -0.4 is 5.32 Å². The van der Waals surface area contributed by atoms with Gasteiger partial charge in [-0.05, 0) is 32.7 Å². The van der Waals surface area contributed by atoms with E-state index in [4.69, 9.17) is 0 Å². The summed E-state index contributed by atoms with van der Waals surface area (Å²) in [5.41, 5.74) is 0. The molecule has 1 heterocycles. The van der Waals surface area contributed by atoms with E-state index < -0.39 is 0 Å². The molecule has 0 aromatic rings. The van der Waals surface area contributed by atoms with Crippen molar-refractivity contribution in [1.29, 1.82) is 0 Å². The summed E-state index contributed by atoms with van der Waals surface area (Å²) in [4.78, 5) is 16.3. The Labute approximate surface area is 111 Å². The van der Waals surface area contributed by atoms with Crippen LogP contribution in [-0.2, 0) is 4.79 Å². The van der Waals surface area contributed by atoms with Crippen molar-refractivity contribution in [2.75, 3.05) is 39.8 Å². The van der Waals surface area contributed by atoms with Crippen LogP contribution in [0.2, 0.25) is 0 Å². The highest BCUT2D eigenvalue weighted by molar-refractivity contribution is 5.78. The number of carbonyl (C=O) groups is 1. The van der Waals surface area contributed by atoms with Crippen molar-refractivity contribution in [1.82, 2.24) is 15.1 Å². The van der Waals surface area contributed by atoms with Gasteiger partial charge in [0.05, 0.1) is 6.54 Å². The van der Waals surface area contributed by atoms with Gasteiger partial charge in [-0.25, -0.2) is 0 Å². The first-order chi connectivity index (χ1) is 8.66. The lowest BCUT2D eigenvalue weighted by atomic mass is 10.00. The standard InChI is InChI=1S/C14H27N3O/c1-12(13-5-3-4-6-13)15-11-14(18)17-9-7-16(2)8-10-17/h12-13,15H,3-11H2,1-2H3/t12-/m1/s1. The number of amides is 1. The van der Waals surface area contributed by atoms with Gasteiger partial charge in [0, 0.05) is 32.2 Å². The van der Waals surface area contributed by atoms with E-state index in [2.05, 4.69) is 24.2 Å². The van der Waals surface area contributed by atoms with Crippen LogP contribution in [0.3, 0.4) is 0 Å². The number of hydrogen-bond acceptors (Lipinski definition) is 3. The van der Waals surface area contributed by atoms with Gasteiger partial charge in [-0.2, -0.15) is 0 Å². The van der Waals surface area contributed by atoms with E-state index >= 15 is 0 Å². The zero-order valence-electron chi connectivity index (χ0n) is 11.8. The Hall–Kier alpha value is -0.610. The molecule has 0 bridgehead atoms. The van der Waals surface area contributed by atoms with E-state index in [9.17, 15) is 4.79 Å². The average Bonchev–Trinajstić information content (AvgIpc) is 2.90. The molecule has 2 rings (SSSR count).